The molecule has 168 valence electrons. The normalized spacial score (nSPS) is 14.9. The monoisotopic (exact) mass is 471 g/mol. The number of benzene rings is 2. The number of carbonyl (C=O) groups excluding carboxylic acids is 1. The van der Waals surface area contributed by atoms with E-state index in [0.717, 1.165) is 23.4 Å². The van der Waals surface area contributed by atoms with Crippen LogP contribution in [0.5, 0.6) is 0 Å². The Morgan fingerprint density at radius 1 is 1.09 bits per heavy atom. The number of morpholine rings is 1. The van der Waals surface area contributed by atoms with E-state index in [-0.39, 0.29) is 17.2 Å². The zero-order chi connectivity index (χ0) is 22.6. The van der Waals surface area contributed by atoms with Gasteiger partial charge in [0.05, 0.1) is 30.2 Å². The van der Waals surface area contributed by atoms with Gasteiger partial charge in [0, 0.05) is 29.7 Å². The molecule has 1 fully saturated rings. The number of nitrogens with zero attached hydrogens (tertiary/aromatic N) is 2. The minimum absolute atomic E-state index is 0.123. The molecular weight excluding hydrogens is 446 g/mol. The van der Waals surface area contributed by atoms with Gasteiger partial charge in [0.15, 0.2) is 0 Å². The van der Waals surface area contributed by atoms with Gasteiger partial charge in [-0.15, -0.1) is 11.3 Å². The van der Waals surface area contributed by atoms with Crippen LogP contribution in [0.4, 0.5) is 5.69 Å². The van der Waals surface area contributed by atoms with Gasteiger partial charge in [-0.2, -0.15) is 4.31 Å². The fourth-order valence-electron chi connectivity index (χ4n) is 3.42. The fourth-order valence-corrected chi connectivity index (χ4v) is 5.63. The molecule has 7 nitrogen and oxygen atoms in total. The quantitative estimate of drug-likeness (QED) is 0.569. The summed E-state index contributed by atoms with van der Waals surface area (Å²) >= 11 is 1.41. The Morgan fingerprint density at radius 2 is 1.78 bits per heavy atom. The van der Waals surface area contributed by atoms with Crippen LogP contribution in [0.2, 0.25) is 0 Å². The summed E-state index contributed by atoms with van der Waals surface area (Å²) in [5, 5.41) is 5.47. The number of hydrogen-bond donors (Lipinski definition) is 1. The van der Waals surface area contributed by atoms with E-state index >= 15 is 0 Å². The second-order valence-electron chi connectivity index (χ2n) is 7.44. The molecule has 0 aliphatic carbocycles. The smallest absolute Gasteiger partial charge is 0.243 e. The summed E-state index contributed by atoms with van der Waals surface area (Å²) in [6, 6.07) is 14.5. The predicted octanol–water partition coefficient (Wildman–Crippen LogP) is 3.57. The molecule has 0 unspecified atom stereocenters. The molecule has 2 heterocycles. The van der Waals surface area contributed by atoms with Gasteiger partial charge in [-0.25, -0.2) is 13.4 Å². The number of ether oxygens (including phenoxy) is 1. The average Bonchev–Trinajstić information content (AvgIpc) is 3.28. The van der Waals surface area contributed by atoms with Crippen molar-refractivity contribution < 1.29 is 17.9 Å². The summed E-state index contributed by atoms with van der Waals surface area (Å²) in [6.45, 7) is 3.64. The van der Waals surface area contributed by atoms with Crippen LogP contribution >= 0.6 is 11.3 Å². The first kappa shape index (κ1) is 22.6. The van der Waals surface area contributed by atoms with E-state index in [2.05, 4.69) is 17.2 Å². The molecule has 1 saturated heterocycles. The summed E-state index contributed by atoms with van der Waals surface area (Å²) in [5.41, 5.74) is 3.52. The van der Waals surface area contributed by atoms with Gasteiger partial charge in [-0.3, -0.25) is 4.79 Å². The highest BCUT2D eigenvalue weighted by Gasteiger charge is 2.26. The molecule has 9 heteroatoms. The number of thiazole rings is 1. The highest BCUT2D eigenvalue weighted by molar-refractivity contribution is 7.89. The Kier molecular flexibility index (Phi) is 7.00. The molecule has 1 aliphatic rings. The van der Waals surface area contributed by atoms with Gasteiger partial charge in [-0.1, -0.05) is 31.2 Å². The lowest BCUT2D eigenvalue weighted by molar-refractivity contribution is -0.115. The molecule has 1 aromatic heterocycles. The summed E-state index contributed by atoms with van der Waals surface area (Å²) in [6.07, 6.45) is 1.14. The largest absolute Gasteiger partial charge is 0.379 e. The van der Waals surface area contributed by atoms with Crippen molar-refractivity contribution in [2.45, 2.75) is 24.7 Å². The fraction of sp³-hybridized carbons (Fsp3) is 0.304. The number of aryl methyl sites for hydroxylation is 1. The van der Waals surface area contributed by atoms with E-state index in [1.54, 1.807) is 24.3 Å². The van der Waals surface area contributed by atoms with E-state index in [1.165, 1.54) is 21.2 Å². The van der Waals surface area contributed by atoms with Crippen molar-refractivity contribution in [1.82, 2.24) is 9.29 Å². The maximum Gasteiger partial charge on any atom is 0.243 e. The Bertz CT molecular complexity index is 1170. The van der Waals surface area contributed by atoms with Crippen LogP contribution in [-0.2, 0) is 32.4 Å². The van der Waals surface area contributed by atoms with Crippen LogP contribution in [-0.4, -0.2) is 49.9 Å². The maximum atomic E-state index is 12.8. The van der Waals surface area contributed by atoms with Gasteiger partial charge in [0.25, 0.3) is 0 Å². The van der Waals surface area contributed by atoms with Gasteiger partial charge < -0.3 is 10.1 Å². The third kappa shape index (κ3) is 5.24. The highest BCUT2D eigenvalue weighted by Crippen LogP contribution is 2.25. The molecule has 0 atom stereocenters. The van der Waals surface area contributed by atoms with Gasteiger partial charge >= 0.3 is 0 Å². The highest BCUT2D eigenvalue weighted by atomic mass is 32.2. The lowest BCUT2D eigenvalue weighted by atomic mass is 10.1. The van der Waals surface area contributed by atoms with Crippen LogP contribution in [0.15, 0.2) is 58.8 Å². The van der Waals surface area contributed by atoms with E-state index in [4.69, 9.17) is 4.74 Å². The van der Waals surface area contributed by atoms with Gasteiger partial charge in [-0.05, 0) is 36.2 Å². The molecular formula is C23H25N3O4S2. The Morgan fingerprint density at radius 3 is 2.44 bits per heavy atom. The Labute approximate surface area is 192 Å². The summed E-state index contributed by atoms with van der Waals surface area (Å²) in [5.74, 6) is -0.123. The van der Waals surface area contributed by atoms with Crippen LogP contribution in [0.25, 0.3) is 11.3 Å². The molecule has 4 rings (SSSR count). The average molecular weight is 472 g/mol. The molecule has 0 radical (unpaired) electrons. The van der Waals surface area contributed by atoms with E-state index in [0.29, 0.717) is 31.3 Å². The molecule has 0 spiro atoms. The summed E-state index contributed by atoms with van der Waals surface area (Å²) in [7, 11) is -3.52. The van der Waals surface area contributed by atoms with Gasteiger partial charge in [0.2, 0.25) is 15.9 Å². The number of rotatable bonds is 7. The third-order valence-electron chi connectivity index (χ3n) is 5.27. The van der Waals surface area contributed by atoms with E-state index < -0.39 is 10.0 Å². The maximum absolute atomic E-state index is 12.8. The lowest BCUT2D eigenvalue weighted by Crippen LogP contribution is -2.40. The minimum Gasteiger partial charge on any atom is -0.379 e. The molecule has 2 aromatic carbocycles. The minimum atomic E-state index is -3.52. The first-order chi connectivity index (χ1) is 15.5. The molecule has 3 aromatic rings. The second kappa shape index (κ2) is 9.91. The van der Waals surface area contributed by atoms with Crippen molar-refractivity contribution >= 4 is 33.0 Å². The summed E-state index contributed by atoms with van der Waals surface area (Å²) < 4.78 is 32.2. The predicted molar refractivity (Wildman–Crippen MR) is 125 cm³/mol. The van der Waals surface area contributed by atoms with Gasteiger partial charge in [0.1, 0.15) is 5.01 Å². The molecule has 1 N–H and O–H groups in total. The number of hydrogen-bond acceptors (Lipinski definition) is 6. The van der Waals surface area contributed by atoms with E-state index in [9.17, 15) is 13.2 Å². The van der Waals surface area contributed by atoms with Crippen LogP contribution in [0, 0.1) is 0 Å². The number of sulfonamides is 1. The molecule has 1 amide bonds. The first-order valence-electron chi connectivity index (χ1n) is 10.5. The number of aromatic nitrogens is 1. The number of anilines is 1. The lowest BCUT2D eigenvalue weighted by Gasteiger charge is -2.26. The van der Waals surface area contributed by atoms with Crippen molar-refractivity contribution in [1.29, 1.82) is 0 Å². The zero-order valence-corrected chi connectivity index (χ0v) is 19.4. The number of carbonyl (C=O) groups is 1. The SMILES string of the molecule is CCc1ccc(NC(=O)Cc2nc(-c3ccc(S(=O)(=O)N4CCOCC4)cc3)cs2)cc1. The Balaban J connectivity index is 1.40. The second-order valence-corrected chi connectivity index (χ2v) is 10.3. The van der Waals surface area contributed by atoms with Crippen molar-refractivity contribution in [3.63, 3.8) is 0 Å². The van der Waals surface area contributed by atoms with Crippen molar-refractivity contribution in [2.75, 3.05) is 31.6 Å². The van der Waals surface area contributed by atoms with Crippen LogP contribution < -0.4 is 5.32 Å². The third-order valence-corrected chi connectivity index (χ3v) is 8.03. The van der Waals surface area contributed by atoms with Crippen LogP contribution in [0.1, 0.15) is 17.5 Å². The topological polar surface area (TPSA) is 88.6 Å². The van der Waals surface area contributed by atoms with Crippen LogP contribution in [0.3, 0.4) is 0 Å². The van der Waals surface area contributed by atoms with Crippen molar-refractivity contribution in [2.24, 2.45) is 0 Å². The first-order valence-corrected chi connectivity index (χ1v) is 12.8. The number of nitrogens with one attached hydrogen (secondary N) is 1. The molecule has 1 aliphatic heterocycles. The molecule has 0 bridgehead atoms. The standard InChI is InChI=1S/C23H25N3O4S2/c1-2-17-3-7-19(8-4-17)24-22(27)15-23-25-21(16-31-23)18-5-9-20(10-6-18)32(28,29)26-11-13-30-14-12-26/h3-10,16H,2,11-15H2,1H3,(H,24,27). The Hall–Kier alpha value is -2.59. The summed E-state index contributed by atoms with van der Waals surface area (Å²) in [4.78, 5) is 17.2. The van der Waals surface area contributed by atoms with E-state index in [1.807, 2.05) is 29.6 Å². The van der Waals surface area contributed by atoms with Crippen molar-refractivity contribution in [3.8, 4) is 11.3 Å². The molecule has 32 heavy (non-hydrogen) atoms. The number of amides is 1. The molecule has 0 saturated carbocycles. The van der Waals surface area contributed by atoms with Crippen molar-refractivity contribution in [3.05, 3.63) is 64.5 Å². The zero-order valence-electron chi connectivity index (χ0n) is 17.8.